The van der Waals surface area contributed by atoms with Gasteiger partial charge in [-0.25, -0.2) is 4.68 Å². The molecule has 0 radical (unpaired) electrons. The van der Waals surface area contributed by atoms with E-state index in [-0.39, 0.29) is 17.4 Å². The van der Waals surface area contributed by atoms with E-state index in [1.165, 1.54) is 16.8 Å². The Balaban J connectivity index is 1.58. The van der Waals surface area contributed by atoms with Crippen molar-refractivity contribution in [3.63, 3.8) is 0 Å². The highest BCUT2D eigenvalue weighted by molar-refractivity contribution is 6.30. The van der Waals surface area contributed by atoms with Gasteiger partial charge in [-0.1, -0.05) is 23.7 Å². The molecule has 1 aliphatic rings. The number of benzene rings is 1. The van der Waals surface area contributed by atoms with E-state index in [4.69, 9.17) is 16.3 Å². The quantitative estimate of drug-likeness (QED) is 0.631. The zero-order valence-corrected chi connectivity index (χ0v) is 16.8. The van der Waals surface area contributed by atoms with Crippen LogP contribution in [0.4, 0.5) is 11.9 Å². The fourth-order valence-corrected chi connectivity index (χ4v) is 2.65. The fourth-order valence-electron chi connectivity index (χ4n) is 2.52. The van der Waals surface area contributed by atoms with Crippen LogP contribution in [-0.4, -0.2) is 44.9 Å². The van der Waals surface area contributed by atoms with Crippen molar-refractivity contribution in [3.05, 3.63) is 57.3 Å². The summed E-state index contributed by atoms with van der Waals surface area (Å²) in [4.78, 5) is 26.9. The molecular weight excluding hydrogens is 394 g/mol. The third kappa shape index (κ3) is 5.00. The summed E-state index contributed by atoms with van der Waals surface area (Å²) in [5.41, 5.74) is 0.653. The standard InChI is InChI=1S/C19H20ClN7O2/c1-26(2)18-22-17(21-14-7-8-14)23-19(24-18)29-15-9-10-16(28)27(25-15)11-12-3-5-13(20)6-4-12/h3-6,9-10,14H,7-8,11H2,1-2H3,(H,21,22,23,24). The smallest absolute Gasteiger partial charge is 0.330 e. The molecule has 0 saturated heterocycles. The number of hydrogen-bond donors (Lipinski definition) is 1. The fraction of sp³-hybridized carbons (Fsp3) is 0.316. The zero-order valence-electron chi connectivity index (χ0n) is 16.0. The van der Waals surface area contributed by atoms with Crippen LogP contribution in [-0.2, 0) is 6.54 Å². The Bertz CT molecular complexity index is 1060. The minimum Gasteiger partial charge on any atom is -0.403 e. The molecule has 3 aromatic rings. The lowest BCUT2D eigenvalue weighted by atomic mass is 10.2. The van der Waals surface area contributed by atoms with Gasteiger partial charge in [0.1, 0.15) is 0 Å². The molecule has 0 bridgehead atoms. The Hall–Kier alpha value is -3.20. The van der Waals surface area contributed by atoms with Crippen LogP contribution in [0.25, 0.3) is 0 Å². The first-order valence-electron chi connectivity index (χ1n) is 9.17. The van der Waals surface area contributed by atoms with Crippen LogP contribution in [0.2, 0.25) is 5.02 Å². The molecule has 1 aliphatic carbocycles. The molecule has 2 aromatic heterocycles. The third-order valence-corrected chi connectivity index (χ3v) is 4.45. The second-order valence-corrected chi connectivity index (χ2v) is 7.39. The molecule has 4 rings (SSSR count). The summed E-state index contributed by atoms with van der Waals surface area (Å²) >= 11 is 5.91. The summed E-state index contributed by atoms with van der Waals surface area (Å²) in [6.45, 7) is 0.293. The Kier molecular flexibility index (Phi) is 5.30. The number of aromatic nitrogens is 5. The van der Waals surface area contributed by atoms with Gasteiger partial charge in [-0.05, 0) is 30.5 Å². The van der Waals surface area contributed by atoms with E-state index in [1.54, 1.807) is 17.0 Å². The van der Waals surface area contributed by atoms with Gasteiger partial charge in [-0.15, -0.1) is 5.10 Å². The van der Waals surface area contributed by atoms with Crippen molar-refractivity contribution in [1.82, 2.24) is 24.7 Å². The van der Waals surface area contributed by atoms with Gasteiger partial charge in [0.15, 0.2) is 0 Å². The number of halogens is 1. The lowest BCUT2D eigenvalue weighted by Crippen LogP contribution is -2.22. The van der Waals surface area contributed by atoms with Gasteiger partial charge in [0.2, 0.25) is 17.8 Å². The first kappa shape index (κ1) is 19.1. The molecule has 29 heavy (non-hydrogen) atoms. The monoisotopic (exact) mass is 413 g/mol. The molecule has 1 saturated carbocycles. The third-order valence-electron chi connectivity index (χ3n) is 4.20. The van der Waals surface area contributed by atoms with Crippen molar-refractivity contribution >= 4 is 23.5 Å². The van der Waals surface area contributed by atoms with Crippen molar-refractivity contribution < 1.29 is 4.74 Å². The van der Waals surface area contributed by atoms with Crippen LogP contribution in [0, 0.1) is 0 Å². The number of rotatable bonds is 7. The predicted molar refractivity (Wildman–Crippen MR) is 110 cm³/mol. The lowest BCUT2D eigenvalue weighted by molar-refractivity contribution is 0.403. The predicted octanol–water partition coefficient (Wildman–Crippen LogP) is 2.56. The second-order valence-electron chi connectivity index (χ2n) is 6.95. The van der Waals surface area contributed by atoms with E-state index in [0.29, 0.717) is 29.5 Å². The van der Waals surface area contributed by atoms with Gasteiger partial charge in [0.25, 0.3) is 5.56 Å². The summed E-state index contributed by atoms with van der Waals surface area (Å²) in [5, 5.41) is 8.15. The van der Waals surface area contributed by atoms with Crippen molar-refractivity contribution in [1.29, 1.82) is 0 Å². The molecule has 9 nitrogen and oxygen atoms in total. The van der Waals surface area contributed by atoms with Gasteiger partial charge < -0.3 is 15.0 Å². The zero-order chi connectivity index (χ0) is 20.4. The molecule has 2 heterocycles. The molecular formula is C19H20ClN7O2. The highest BCUT2D eigenvalue weighted by atomic mass is 35.5. The average Bonchev–Trinajstić information content (AvgIpc) is 3.50. The van der Waals surface area contributed by atoms with Gasteiger partial charge >= 0.3 is 6.01 Å². The van der Waals surface area contributed by atoms with Crippen molar-refractivity contribution in [2.24, 2.45) is 0 Å². The maximum Gasteiger partial charge on any atom is 0.330 e. The van der Waals surface area contributed by atoms with Gasteiger partial charge in [-0.3, -0.25) is 4.79 Å². The molecule has 0 aliphatic heterocycles. The van der Waals surface area contributed by atoms with Crippen LogP contribution in [0.15, 0.2) is 41.2 Å². The largest absolute Gasteiger partial charge is 0.403 e. The first-order chi connectivity index (χ1) is 14.0. The molecule has 1 N–H and O–H groups in total. The van der Waals surface area contributed by atoms with E-state index in [2.05, 4.69) is 25.4 Å². The first-order valence-corrected chi connectivity index (χ1v) is 9.54. The Morgan fingerprint density at radius 3 is 2.59 bits per heavy atom. The van der Waals surface area contributed by atoms with E-state index in [9.17, 15) is 4.79 Å². The SMILES string of the molecule is CN(C)c1nc(NC2CC2)nc(Oc2ccc(=O)n(Cc3ccc(Cl)cc3)n2)n1. The Morgan fingerprint density at radius 2 is 1.90 bits per heavy atom. The highest BCUT2D eigenvalue weighted by Crippen LogP contribution is 2.25. The maximum atomic E-state index is 12.2. The number of hydrogen-bond acceptors (Lipinski definition) is 8. The van der Waals surface area contributed by atoms with Crippen molar-refractivity contribution in [2.75, 3.05) is 24.3 Å². The van der Waals surface area contributed by atoms with E-state index >= 15 is 0 Å². The van der Waals surface area contributed by atoms with Crippen LogP contribution in [0.3, 0.4) is 0 Å². The van der Waals surface area contributed by atoms with Gasteiger partial charge in [0.05, 0.1) is 6.54 Å². The summed E-state index contributed by atoms with van der Waals surface area (Å²) in [5.74, 6) is 1.13. The summed E-state index contributed by atoms with van der Waals surface area (Å²) < 4.78 is 7.06. The van der Waals surface area contributed by atoms with Gasteiger partial charge in [-0.2, -0.15) is 15.0 Å². The number of anilines is 2. The molecule has 10 heteroatoms. The van der Waals surface area contributed by atoms with Crippen LogP contribution >= 0.6 is 11.6 Å². The molecule has 0 amide bonds. The van der Waals surface area contributed by atoms with E-state index in [0.717, 1.165) is 18.4 Å². The van der Waals surface area contributed by atoms with Gasteiger partial charge in [0, 0.05) is 37.3 Å². The highest BCUT2D eigenvalue weighted by Gasteiger charge is 2.23. The minimum absolute atomic E-state index is 0.107. The van der Waals surface area contributed by atoms with E-state index < -0.39 is 0 Å². The number of nitrogens with one attached hydrogen (secondary N) is 1. The molecule has 1 aromatic carbocycles. The lowest BCUT2D eigenvalue weighted by Gasteiger charge is -2.13. The van der Waals surface area contributed by atoms with Crippen molar-refractivity contribution in [3.8, 4) is 11.9 Å². The topological polar surface area (TPSA) is 98.1 Å². The molecule has 150 valence electrons. The minimum atomic E-state index is -0.243. The molecule has 1 fully saturated rings. The van der Waals surface area contributed by atoms with Crippen LogP contribution in [0.1, 0.15) is 18.4 Å². The van der Waals surface area contributed by atoms with Crippen LogP contribution < -0.4 is 20.5 Å². The second kappa shape index (κ2) is 8.04. The Morgan fingerprint density at radius 1 is 1.14 bits per heavy atom. The summed E-state index contributed by atoms with van der Waals surface area (Å²) in [7, 11) is 3.68. The number of nitrogens with zero attached hydrogens (tertiary/aromatic N) is 6. The van der Waals surface area contributed by atoms with E-state index in [1.807, 2.05) is 26.2 Å². The maximum absolute atomic E-state index is 12.2. The molecule has 0 unspecified atom stereocenters. The normalized spacial score (nSPS) is 13.2. The van der Waals surface area contributed by atoms with Crippen molar-refractivity contribution in [2.45, 2.75) is 25.4 Å². The van der Waals surface area contributed by atoms with Crippen LogP contribution in [0.5, 0.6) is 11.9 Å². The summed E-state index contributed by atoms with van der Waals surface area (Å²) in [6, 6.07) is 10.6. The Labute approximate surface area is 172 Å². The molecule has 0 spiro atoms. The average molecular weight is 414 g/mol. The number of ether oxygens (including phenoxy) is 1. The summed E-state index contributed by atoms with van der Waals surface area (Å²) in [6.07, 6.45) is 2.19. The molecule has 0 atom stereocenters.